The van der Waals surface area contributed by atoms with Gasteiger partial charge in [0.2, 0.25) is 5.89 Å². The molecule has 1 aliphatic carbocycles. The highest BCUT2D eigenvalue weighted by Gasteiger charge is 2.27. The van der Waals surface area contributed by atoms with E-state index in [4.69, 9.17) is 21.4 Å². The van der Waals surface area contributed by atoms with Gasteiger partial charge in [-0.2, -0.15) is 0 Å². The second-order valence-corrected chi connectivity index (χ2v) is 7.40. The zero-order chi connectivity index (χ0) is 17.9. The maximum atomic E-state index is 12.7. The lowest BCUT2D eigenvalue weighted by molar-refractivity contribution is -0.0357. The number of piperidine rings is 1. The fourth-order valence-electron chi connectivity index (χ4n) is 3.78. The molecule has 2 aliphatic rings. The average molecular weight is 373 g/mol. The minimum Gasteiger partial charge on any atom is -0.409 e. The Hall–Kier alpha value is -1.99. The van der Waals surface area contributed by atoms with Crippen LogP contribution in [-0.4, -0.2) is 46.3 Å². The number of hydrogen-bond donors (Lipinski definition) is 1. The molecule has 1 saturated carbocycles. The molecule has 0 spiro atoms. The maximum Gasteiger partial charge on any atom is 0.284 e. The monoisotopic (exact) mass is 373 g/mol. The van der Waals surface area contributed by atoms with Crippen LogP contribution < -0.4 is 0 Å². The molecule has 2 fully saturated rings. The van der Waals surface area contributed by atoms with Crippen LogP contribution >= 0.6 is 12.2 Å². The van der Waals surface area contributed by atoms with Gasteiger partial charge in [-0.05, 0) is 62.2 Å². The van der Waals surface area contributed by atoms with Crippen LogP contribution in [0.25, 0.3) is 11.5 Å². The van der Waals surface area contributed by atoms with E-state index in [1.807, 2.05) is 29.2 Å². The molecule has 0 atom stereocenters. The summed E-state index contributed by atoms with van der Waals surface area (Å²) in [6.45, 7) is 1.51. The lowest BCUT2D eigenvalue weighted by atomic mass is 10.0. The van der Waals surface area contributed by atoms with Crippen LogP contribution in [0.4, 0.5) is 0 Å². The van der Waals surface area contributed by atoms with Gasteiger partial charge >= 0.3 is 0 Å². The van der Waals surface area contributed by atoms with Gasteiger partial charge < -0.3 is 14.1 Å². The SMILES string of the molecule is O=C(c1ccc(-c2n[nH]c(=S)o2)cc1)N1CCC(OC2CCCC2)CC1. The van der Waals surface area contributed by atoms with Crippen molar-refractivity contribution in [2.24, 2.45) is 0 Å². The Balaban J connectivity index is 1.33. The van der Waals surface area contributed by atoms with Crippen LogP contribution in [0.15, 0.2) is 28.7 Å². The Morgan fingerprint density at radius 3 is 2.38 bits per heavy atom. The summed E-state index contributed by atoms with van der Waals surface area (Å²) in [6, 6.07) is 7.29. The molecule has 4 rings (SSSR count). The molecule has 0 bridgehead atoms. The van der Waals surface area contributed by atoms with Gasteiger partial charge in [0.1, 0.15) is 0 Å². The summed E-state index contributed by atoms with van der Waals surface area (Å²) in [5, 5.41) is 6.59. The Bertz CT molecular complexity index is 800. The lowest BCUT2D eigenvalue weighted by Gasteiger charge is -2.33. The van der Waals surface area contributed by atoms with Crippen LogP contribution in [0, 0.1) is 4.84 Å². The number of ether oxygens (including phenoxy) is 1. The standard InChI is InChI=1S/C19H23N3O3S/c23-18(14-7-5-13(6-8-14)17-20-21-19(26)25-17)22-11-9-16(10-12-22)24-15-3-1-2-4-15/h5-8,15-16H,1-4,9-12H2,(H,21,26). The molecular formula is C19H23N3O3S. The summed E-state index contributed by atoms with van der Waals surface area (Å²) < 4.78 is 11.5. The topological polar surface area (TPSA) is 71.4 Å². The van der Waals surface area contributed by atoms with Gasteiger partial charge in [0, 0.05) is 24.2 Å². The Morgan fingerprint density at radius 2 is 1.77 bits per heavy atom. The molecule has 1 saturated heterocycles. The van der Waals surface area contributed by atoms with Gasteiger partial charge in [-0.25, -0.2) is 5.10 Å². The van der Waals surface area contributed by atoms with Crippen LogP contribution in [0.3, 0.4) is 0 Å². The second-order valence-electron chi connectivity index (χ2n) is 7.03. The Kier molecular flexibility index (Phi) is 5.17. The number of carbonyl (C=O) groups is 1. The minimum absolute atomic E-state index is 0.0683. The number of rotatable bonds is 4. The van der Waals surface area contributed by atoms with Crippen molar-refractivity contribution in [3.05, 3.63) is 34.7 Å². The molecule has 0 radical (unpaired) electrons. The van der Waals surface area contributed by atoms with Crippen molar-refractivity contribution in [3.63, 3.8) is 0 Å². The van der Waals surface area contributed by atoms with Crippen molar-refractivity contribution in [1.82, 2.24) is 15.1 Å². The molecule has 26 heavy (non-hydrogen) atoms. The largest absolute Gasteiger partial charge is 0.409 e. The minimum atomic E-state index is 0.0683. The summed E-state index contributed by atoms with van der Waals surface area (Å²) in [4.78, 5) is 14.9. The summed E-state index contributed by atoms with van der Waals surface area (Å²) in [5.74, 6) is 0.498. The van der Waals surface area contributed by atoms with Crippen molar-refractivity contribution in [1.29, 1.82) is 0 Å². The van der Waals surface area contributed by atoms with Crippen LogP contribution in [-0.2, 0) is 4.74 Å². The first-order chi connectivity index (χ1) is 12.7. The Morgan fingerprint density at radius 1 is 1.12 bits per heavy atom. The van der Waals surface area contributed by atoms with Crippen molar-refractivity contribution in [3.8, 4) is 11.5 Å². The molecular weight excluding hydrogens is 350 g/mol. The number of hydrogen-bond acceptors (Lipinski definition) is 5. The highest BCUT2D eigenvalue weighted by atomic mass is 32.1. The van der Waals surface area contributed by atoms with E-state index >= 15 is 0 Å². The molecule has 1 aliphatic heterocycles. The van der Waals surface area contributed by atoms with Gasteiger partial charge in [0.15, 0.2) is 0 Å². The molecule has 7 heteroatoms. The van der Waals surface area contributed by atoms with E-state index in [-0.39, 0.29) is 10.7 Å². The summed E-state index contributed by atoms with van der Waals surface area (Å²) >= 11 is 4.88. The molecule has 1 aromatic heterocycles. The smallest absolute Gasteiger partial charge is 0.284 e. The molecule has 0 unspecified atom stereocenters. The molecule has 1 N–H and O–H groups in total. The van der Waals surface area contributed by atoms with Gasteiger partial charge in [-0.1, -0.05) is 12.8 Å². The van der Waals surface area contributed by atoms with Crippen molar-refractivity contribution in [2.45, 2.75) is 50.7 Å². The van der Waals surface area contributed by atoms with E-state index in [1.54, 1.807) is 0 Å². The quantitative estimate of drug-likeness (QED) is 0.821. The summed E-state index contributed by atoms with van der Waals surface area (Å²) in [6.07, 6.45) is 7.56. The molecule has 6 nitrogen and oxygen atoms in total. The predicted molar refractivity (Wildman–Crippen MR) is 99.4 cm³/mol. The number of aromatic amines is 1. The summed E-state index contributed by atoms with van der Waals surface area (Å²) in [7, 11) is 0. The van der Waals surface area contributed by atoms with E-state index in [1.165, 1.54) is 25.7 Å². The van der Waals surface area contributed by atoms with Gasteiger partial charge in [0.05, 0.1) is 12.2 Å². The fourth-order valence-corrected chi connectivity index (χ4v) is 3.91. The molecule has 1 amide bonds. The number of benzene rings is 1. The van der Waals surface area contributed by atoms with E-state index in [0.29, 0.717) is 23.7 Å². The molecule has 1 aromatic carbocycles. The number of nitrogens with one attached hydrogen (secondary N) is 1. The number of aromatic nitrogens is 2. The third-order valence-electron chi connectivity index (χ3n) is 5.23. The maximum absolute atomic E-state index is 12.7. The van der Waals surface area contributed by atoms with E-state index in [0.717, 1.165) is 31.5 Å². The fraction of sp³-hybridized carbons (Fsp3) is 0.526. The summed E-state index contributed by atoms with van der Waals surface area (Å²) in [5.41, 5.74) is 1.47. The predicted octanol–water partition coefficient (Wildman–Crippen LogP) is 3.96. The van der Waals surface area contributed by atoms with Gasteiger partial charge in [-0.15, -0.1) is 5.10 Å². The van der Waals surface area contributed by atoms with E-state index in [2.05, 4.69) is 10.2 Å². The third-order valence-corrected chi connectivity index (χ3v) is 5.41. The lowest BCUT2D eigenvalue weighted by Crippen LogP contribution is -2.41. The number of nitrogens with zero attached hydrogens (tertiary/aromatic N) is 2. The Labute approximate surface area is 157 Å². The van der Waals surface area contributed by atoms with E-state index < -0.39 is 0 Å². The molecule has 2 heterocycles. The van der Waals surface area contributed by atoms with Gasteiger partial charge in [-0.3, -0.25) is 4.79 Å². The van der Waals surface area contributed by atoms with Crippen molar-refractivity contribution >= 4 is 18.1 Å². The van der Waals surface area contributed by atoms with Crippen LogP contribution in [0.5, 0.6) is 0 Å². The zero-order valence-electron chi connectivity index (χ0n) is 14.6. The number of likely N-dealkylation sites (tertiary alicyclic amines) is 1. The van der Waals surface area contributed by atoms with Crippen LogP contribution in [0.2, 0.25) is 0 Å². The molecule has 138 valence electrons. The number of amides is 1. The zero-order valence-corrected chi connectivity index (χ0v) is 15.5. The highest BCUT2D eigenvalue weighted by molar-refractivity contribution is 7.71. The third kappa shape index (κ3) is 3.88. The first kappa shape index (κ1) is 17.4. The second kappa shape index (κ2) is 7.72. The van der Waals surface area contributed by atoms with Gasteiger partial charge in [0.25, 0.3) is 10.7 Å². The molecule has 2 aromatic rings. The number of H-pyrrole nitrogens is 1. The van der Waals surface area contributed by atoms with Crippen molar-refractivity contribution in [2.75, 3.05) is 13.1 Å². The highest BCUT2D eigenvalue weighted by Crippen LogP contribution is 2.26. The van der Waals surface area contributed by atoms with Crippen LogP contribution in [0.1, 0.15) is 48.9 Å². The first-order valence-corrected chi connectivity index (χ1v) is 9.70. The van der Waals surface area contributed by atoms with E-state index in [9.17, 15) is 4.79 Å². The number of carbonyl (C=O) groups excluding carboxylic acids is 1. The first-order valence-electron chi connectivity index (χ1n) is 9.30. The van der Waals surface area contributed by atoms with Crippen molar-refractivity contribution < 1.29 is 13.9 Å². The normalized spacial score (nSPS) is 19.2. The average Bonchev–Trinajstić information content (AvgIpc) is 3.34.